The number of aromatic nitrogens is 1. The van der Waals surface area contributed by atoms with Crippen LogP contribution in [0.2, 0.25) is 0 Å². The maximum atomic E-state index is 10.7. The Morgan fingerprint density at radius 1 is 1.32 bits per heavy atom. The van der Waals surface area contributed by atoms with Crippen LogP contribution in [0.1, 0.15) is 26.0 Å². The Morgan fingerprint density at radius 2 is 2.00 bits per heavy atom. The van der Waals surface area contributed by atoms with Crippen molar-refractivity contribution in [3.8, 4) is 17.5 Å². The summed E-state index contributed by atoms with van der Waals surface area (Å²) in [5.74, 6) is 0.605. The largest absolute Gasteiger partial charge is 0.419 e. The third-order valence-electron chi connectivity index (χ3n) is 4.05. The number of oxazole rings is 1. The van der Waals surface area contributed by atoms with E-state index in [2.05, 4.69) is 24.1 Å². The molecule has 0 saturated heterocycles. The molecule has 2 rings (SSSR count). The lowest BCUT2D eigenvalue weighted by molar-refractivity contribution is -0.896. The van der Waals surface area contributed by atoms with Gasteiger partial charge in [-0.2, -0.15) is 10.2 Å². The molecular weight excluding hydrogens is 322 g/mol. The van der Waals surface area contributed by atoms with E-state index < -0.39 is 4.92 Å². The van der Waals surface area contributed by atoms with Crippen molar-refractivity contribution in [3.63, 3.8) is 0 Å². The monoisotopic (exact) mass is 344 g/mol. The number of hydrogen-bond donors (Lipinski definition) is 2. The van der Waals surface area contributed by atoms with Crippen LogP contribution in [-0.2, 0) is 0 Å². The molecular formula is C17H22N5O3+. The molecule has 132 valence electrons. The van der Waals surface area contributed by atoms with Gasteiger partial charge in [-0.3, -0.25) is 10.1 Å². The van der Waals surface area contributed by atoms with E-state index in [-0.39, 0.29) is 17.3 Å². The van der Waals surface area contributed by atoms with Gasteiger partial charge >= 0.3 is 0 Å². The summed E-state index contributed by atoms with van der Waals surface area (Å²) < 4.78 is 5.63. The van der Waals surface area contributed by atoms with E-state index in [9.17, 15) is 15.4 Å². The van der Waals surface area contributed by atoms with E-state index in [4.69, 9.17) is 4.42 Å². The van der Waals surface area contributed by atoms with Gasteiger partial charge in [-0.15, -0.1) is 0 Å². The van der Waals surface area contributed by atoms with Crippen molar-refractivity contribution in [2.24, 2.45) is 0 Å². The van der Waals surface area contributed by atoms with Gasteiger partial charge in [0, 0.05) is 30.7 Å². The summed E-state index contributed by atoms with van der Waals surface area (Å²) in [6.07, 6.45) is 0.954. The summed E-state index contributed by atoms with van der Waals surface area (Å²) in [5.41, 5.74) is 0.763. The smallest absolute Gasteiger partial charge is 0.269 e. The minimum absolute atomic E-state index is 0.00642. The fourth-order valence-electron chi connectivity index (χ4n) is 2.51. The number of anilines is 1. The normalized spacial score (nSPS) is 10.6. The molecule has 2 N–H and O–H groups in total. The maximum Gasteiger partial charge on any atom is 0.269 e. The lowest BCUT2D eigenvalue weighted by Crippen LogP contribution is -3.11. The third kappa shape index (κ3) is 4.78. The predicted octanol–water partition coefficient (Wildman–Crippen LogP) is 1.85. The SMILES string of the molecule is CC[NH+](CC)CCCNc1oc(-c2ccc([N+](=O)[O-])cc2)nc1C#N. The van der Waals surface area contributed by atoms with Crippen molar-refractivity contribution in [3.05, 3.63) is 40.1 Å². The number of nitriles is 1. The van der Waals surface area contributed by atoms with Gasteiger partial charge in [0.25, 0.3) is 5.69 Å². The summed E-state index contributed by atoms with van der Waals surface area (Å²) in [6, 6.07) is 7.88. The standard InChI is InChI=1S/C17H21N5O3/c1-3-21(4-2)11-5-10-19-17-15(12-18)20-16(25-17)13-6-8-14(9-7-13)22(23)24/h6-9,19H,3-5,10-11H2,1-2H3/p+1. The average Bonchev–Trinajstić information content (AvgIpc) is 3.05. The predicted molar refractivity (Wildman–Crippen MR) is 93.3 cm³/mol. The first kappa shape index (κ1) is 18.4. The highest BCUT2D eigenvalue weighted by Gasteiger charge is 2.15. The summed E-state index contributed by atoms with van der Waals surface area (Å²) in [5, 5.41) is 23.0. The second-order valence-corrected chi connectivity index (χ2v) is 5.60. The average molecular weight is 344 g/mol. The van der Waals surface area contributed by atoms with E-state index in [1.54, 1.807) is 12.1 Å². The molecule has 1 aromatic carbocycles. The number of nitrogens with one attached hydrogen (secondary N) is 2. The highest BCUT2D eigenvalue weighted by Crippen LogP contribution is 2.26. The highest BCUT2D eigenvalue weighted by molar-refractivity contribution is 5.60. The van der Waals surface area contributed by atoms with Gasteiger partial charge in [-0.05, 0) is 26.0 Å². The van der Waals surface area contributed by atoms with Crippen LogP contribution in [0.3, 0.4) is 0 Å². The number of nitrogens with zero attached hydrogens (tertiary/aromatic N) is 3. The van der Waals surface area contributed by atoms with Crippen LogP contribution < -0.4 is 10.2 Å². The Kier molecular flexibility index (Phi) is 6.48. The Morgan fingerprint density at radius 3 is 2.56 bits per heavy atom. The first-order valence-corrected chi connectivity index (χ1v) is 8.32. The number of benzene rings is 1. The Hall–Kier alpha value is -2.92. The van der Waals surface area contributed by atoms with Crippen molar-refractivity contribution in [1.29, 1.82) is 5.26 Å². The molecule has 1 heterocycles. The Bertz CT molecular complexity index is 745. The number of non-ortho nitro benzene ring substituents is 1. The summed E-state index contributed by atoms with van der Waals surface area (Å²) in [7, 11) is 0. The Balaban J connectivity index is 2.03. The van der Waals surface area contributed by atoms with E-state index in [1.165, 1.54) is 17.0 Å². The number of nitro benzene ring substituents is 1. The molecule has 25 heavy (non-hydrogen) atoms. The molecule has 0 fully saturated rings. The van der Waals surface area contributed by atoms with Gasteiger partial charge in [-0.1, -0.05) is 0 Å². The van der Waals surface area contributed by atoms with Gasteiger partial charge in [0.1, 0.15) is 6.07 Å². The van der Waals surface area contributed by atoms with Crippen molar-refractivity contribution >= 4 is 11.6 Å². The first-order valence-electron chi connectivity index (χ1n) is 8.32. The molecule has 0 saturated carbocycles. The van der Waals surface area contributed by atoms with Crippen LogP contribution in [0.15, 0.2) is 28.7 Å². The summed E-state index contributed by atoms with van der Waals surface area (Å²) in [4.78, 5) is 15.9. The number of hydrogen-bond acceptors (Lipinski definition) is 6. The van der Waals surface area contributed by atoms with Crippen LogP contribution in [0.25, 0.3) is 11.5 Å². The van der Waals surface area contributed by atoms with E-state index in [0.29, 0.717) is 18.0 Å². The molecule has 0 atom stereocenters. The molecule has 0 bridgehead atoms. The van der Waals surface area contributed by atoms with Gasteiger partial charge < -0.3 is 14.6 Å². The fourth-order valence-corrected chi connectivity index (χ4v) is 2.51. The minimum Gasteiger partial charge on any atom is -0.419 e. The topological polar surface area (TPSA) is 109 Å². The highest BCUT2D eigenvalue weighted by atomic mass is 16.6. The van der Waals surface area contributed by atoms with Gasteiger partial charge in [0.05, 0.1) is 24.6 Å². The number of nitro groups is 1. The molecule has 8 nitrogen and oxygen atoms in total. The molecule has 0 aliphatic carbocycles. The summed E-state index contributed by atoms with van der Waals surface area (Å²) >= 11 is 0. The zero-order chi connectivity index (χ0) is 18.2. The van der Waals surface area contributed by atoms with Gasteiger partial charge in [-0.25, -0.2) is 0 Å². The maximum absolute atomic E-state index is 10.7. The first-order chi connectivity index (χ1) is 12.1. The van der Waals surface area contributed by atoms with Crippen molar-refractivity contribution in [1.82, 2.24) is 4.98 Å². The zero-order valence-electron chi connectivity index (χ0n) is 14.4. The van der Waals surface area contributed by atoms with Crippen molar-refractivity contribution in [2.75, 3.05) is 31.5 Å². The lowest BCUT2D eigenvalue weighted by atomic mass is 10.2. The molecule has 2 aromatic rings. The molecule has 0 aliphatic heterocycles. The fraction of sp³-hybridized carbons (Fsp3) is 0.412. The molecule has 0 amide bonds. The van der Waals surface area contributed by atoms with Crippen LogP contribution in [0.5, 0.6) is 0 Å². The molecule has 0 radical (unpaired) electrons. The lowest BCUT2D eigenvalue weighted by Gasteiger charge is -2.14. The van der Waals surface area contributed by atoms with Crippen LogP contribution in [0, 0.1) is 21.4 Å². The Labute approximate surface area is 146 Å². The second kappa shape index (κ2) is 8.80. The molecule has 0 aliphatic rings. The van der Waals surface area contributed by atoms with Crippen molar-refractivity contribution < 1.29 is 14.2 Å². The zero-order valence-corrected chi connectivity index (χ0v) is 14.4. The van der Waals surface area contributed by atoms with E-state index >= 15 is 0 Å². The summed E-state index contributed by atoms with van der Waals surface area (Å²) in [6.45, 7) is 8.23. The minimum atomic E-state index is -0.467. The molecule has 1 aromatic heterocycles. The number of quaternary nitrogens is 1. The molecule has 8 heteroatoms. The van der Waals surface area contributed by atoms with Gasteiger partial charge in [0.2, 0.25) is 17.5 Å². The quantitative estimate of drug-likeness (QED) is 0.408. The van der Waals surface area contributed by atoms with Gasteiger partial charge in [0.15, 0.2) is 0 Å². The van der Waals surface area contributed by atoms with E-state index in [0.717, 1.165) is 26.1 Å². The third-order valence-corrected chi connectivity index (χ3v) is 4.05. The second-order valence-electron chi connectivity index (χ2n) is 5.60. The number of rotatable bonds is 9. The van der Waals surface area contributed by atoms with Crippen molar-refractivity contribution in [2.45, 2.75) is 20.3 Å². The van der Waals surface area contributed by atoms with Crippen LogP contribution in [0.4, 0.5) is 11.6 Å². The van der Waals surface area contributed by atoms with Crippen LogP contribution >= 0.6 is 0 Å². The van der Waals surface area contributed by atoms with Crippen LogP contribution in [-0.4, -0.2) is 36.1 Å². The van der Waals surface area contributed by atoms with E-state index in [1.807, 2.05) is 6.07 Å². The molecule has 0 unspecified atom stereocenters. The molecule has 0 spiro atoms.